The van der Waals surface area contributed by atoms with Crippen molar-refractivity contribution in [1.29, 1.82) is 0 Å². The van der Waals surface area contributed by atoms with Crippen LogP contribution in [0.25, 0.3) is 26.7 Å². The van der Waals surface area contributed by atoms with E-state index in [9.17, 15) is 0 Å². The number of H-pyrrole nitrogens is 1. The molecular weight excluding hydrogens is 376 g/mol. The third-order valence-corrected chi connectivity index (χ3v) is 5.65. The minimum atomic E-state index is -0.529. The first-order valence-corrected chi connectivity index (χ1v) is 9.52. The van der Waals surface area contributed by atoms with Crippen molar-refractivity contribution >= 4 is 33.3 Å². The van der Waals surface area contributed by atoms with Crippen molar-refractivity contribution in [3.05, 3.63) is 95.0 Å². The first-order valence-electron chi connectivity index (χ1n) is 9.52. The smallest absolute Gasteiger partial charge is 0.276 e. The molecule has 0 saturated heterocycles. The Kier molecular flexibility index (Phi) is 3.52. The molecule has 0 radical (unpaired) electrons. The van der Waals surface area contributed by atoms with Gasteiger partial charge in [-0.2, -0.15) is 5.10 Å². The summed E-state index contributed by atoms with van der Waals surface area (Å²) in [5, 5.41) is 17.5. The topological polar surface area (TPSA) is 84.3 Å². The molecule has 0 saturated carbocycles. The molecule has 0 aliphatic carbocycles. The number of nitrogens with one attached hydrogen (secondary N) is 1. The maximum Gasteiger partial charge on any atom is 0.276 e. The molecule has 5 aromatic rings. The number of aromatic nitrogens is 4. The van der Waals surface area contributed by atoms with Gasteiger partial charge in [-0.05, 0) is 38.8 Å². The lowest BCUT2D eigenvalue weighted by Crippen LogP contribution is -2.29. The number of hydrogen-bond donors (Lipinski definition) is 1. The van der Waals surface area contributed by atoms with E-state index < -0.39 is 6.04 Å². The third kappa shape index (κ3) is 2.37. The summed E-state index contributed by atoms with van der Waals surface area (Å²) in [5.74, 6) is 0.377. The van der Waals surface area contributed by atoms with Gasteiger partial charge in [-0.1, -0.05) is 48.5 Å². The maximum absolute atomic E-state index is 8.04. The Morgan fingerprint density at radius 2 is 1.83 bits per heavy atom. The van der Waals surface area contributed by atoms with E-state index in [-0.39, 0.29) is 5.92 Å². The zero-order valence-corrected chi connectivity index (χ0v) is 15.6. The highest BCUT2D eigenvalue weighted by Crippen LogP contribution is 2.42. The lowest BCUT2D eigenvalue weighted by Gasteiger charge is -2.24. The van der Waals surface area contributed by atoms with Crippen LogP contribution >= 0.6 is 0 Å². The second kappa shape index (κ2) is 6.36. The number of rotatable bonds is 2. The Bertz CT molecular complexity index is 1490. The van der Waals surface area contributed by atoms with Gasteiger partial charge in [0.2, 0.25) is 0 Å². The molecule has 3 heterocycles. The van der Waals surface area contributed by atoms with Crippen LogP contribution in [0.4, 0.5) is 5.82 Å². The molecule has 2 atom stereocenters. The van der Waals surface area contributed by atoms with E-state index >= 15 is 0 Å². The Labute approximate surface area is 170 Å². The first kappa shape index (κ1) is 16.6. The fourth-order valence-corrected chi connectivity index (χ4v) is 4.26. The fourth-order valence-electron chi connectivity index (χ4n) is 4.26. The molecule has 1 N–H and O–H groups in total. The lowest BCUT2D eigenvalue weighted by molar-refractivity contribution is 0.315. The molecule has 0 amide bonds. The third-order valence-electron chi connectivity index (χ3n) is 5.65. The van der Waals surface area contributed by atoms with Gasteiger partial charge < -0.3 is 4.85 Å². The van der Waals surface area contributed by atoms with Crippen LogP contribution in [0.2, 0.25) is 0 Å². The monoisotopic (exact) mass is 390 g/mol. The molecule has 6 rings (SSSR count). The number of hydrogen-bond acceptors (Lipinski definition) is 5. The van der Waals surface area contributed by atoms with Gasteiger partial charge in [0.1, 0.15) is 16.7 Å². The van der Waals surface area contributed by atoms with E-state index in [0.717, 1.165) is 27.5 Å². The van der Waals surface area contributed by atoms with Gasteiger partial charge in [0.25, 0.3) is 6.04 Å². The number of nitrogens with zero attached hydrogens (tertiary/aromatic N) is 5. The summed E-state index contributed by atoms with van der Waals surface area (Å²) in [6.45, 7) is 8.04. The summed E-state index contributed by atoms with van der Waals surface area (Å²) >= 11 is 0. The summed E-state index contributed by atoms with van der Waals surface area (Å²) < 4.78 is 4.96. The van der Waals surface area contributed by atoms with E-state index in [4.69, 9.17) is 16.2 Å². The first-order chi connectivity index (χ1) is 14.8. The Morgan fingerprint density at radius 1 is 0.933 bits per heavy atom. The van der Waals surface area contributed by atoms with Crippen molar-refractivity contribution < 1.29 is 4.63 Å². The number of fused-ring (bicyclic) bond motifs is 3. The molecular formula is C23H14N6O. The summed E-state index contributed by atoms with van der Waals surface area (Å²) in [6.07, 6.45) is 1.74. The normalized spacial score (nSPS) is 18.2. The van der Waals surface area contributed by atoms with Crippen molar-refractivity contribution in [2.75, 3.05) is 0 Å². The van der Waals surface area contributed by atoms with E-state index in [1.165, 1.54) is 0 Å². The van der Waals surface area contributed by atoms with E-state index in [1.54, 1.807) is 6.20 Å². The van der Waals surface area contributed by atoms with Gasteiger partial charge in [0, 0.05) is 11.1 Å². The van der Waals surface area contributed by atoms with Gasteiger partial charge in [-0.3, -0.25) is 5.10 Å². The van der Waals surface area contributed by atoms with Gasteiger partial charge in [-0.25, -0.2) is 16.2 Å². The molecule has 1 aliphatic rings. The van der Waals surface area contributed by atoms with Crippen molar-refractivity contribution in [2.45, 2.75) is 12.0 Å². The molecule has 7 heteroatoms. The zero-order valence-electron chi connectivity index (χ0n) is 15.6. The highest BCUT2D eigenvalue weighted by atomic mass is 16.6. The van der Waals surface area contributed by atoms with Gasteiger partial charge in [0.05, 0.1) is 12.1 Å². The van der Waals surface area contributed by atoms with Crippen LogP contribution in [0.1, 0.15) is 22.6 Å². The quantitative estimate of drug-likeness (QED) is 0.445. The molecule has 0 spiro atoms. The minimum absolute atomic E-state index is 0.286. The molecule has 3 aromatic carbocycles. The Hall–Kier alpha value is -4.31. The molecule has 0 bridgehead atoms. The highest BCUT2D eigenvalue weighted by molar-refractivity contribution is 6.10. The molecule has 30 heavy (non-hydrogen) atoms. The fraction of sp³-hybridized carbons (Fsp3) is 0.0870. The molecule has 7 nitrogen and oxygen atoms in total. The van der Waals surface area contributed by atoms with Gasteiger partial charge >= 0.3 is 0 Å². The van der Waals surface area contributed by atoms with Crippen LogP contribution < -0.4 is 0 Å². The Morgan fingerprint density at radius 3 is 2.73 bits per heavy atom. The standard InChI is InChI=1S/C23H14N6O/c1-24-22-19(16-7-4-8-18-21(16)29-30-28-18)17-12-25-27-23(17)26-20(22)15-10-9-13-5-2-3-6-14(13)11-15/h2-12,19,22H,(H,25,27). The van der Waals surface area contributed by atoms with Gasteiger partial charge in [-0.15, -0.1) is 0 Å². The highest BCUT2D eigenvalue weighted by Gasteiger charge is 2.42. The summed E-state index contributed by atoms with van der Waals surface area (Å²) in [6, 6.07) is 19.5. The van der Waals surface area contributed by atoms with Crippen molar-refractivity contribution in [1.82, 2.24) is 20.5 Å². The van der Waals surface area contributed by atoms with Crippen molar-refractivity contribution in [2.24, 2.45) is 4.99 Å². The summed E-state index contributed by atoms with van der Waals surface area (Å²) in [4.78, 5) is 8.82. The average molecular weight is 390 g/mol. The Balaban J connectivity index is 1.58. The van der Waals surface area contributed by atoms with E-state index in [1.807, 2.05) is 36.4 Å². The SMILES string of the molecule is [C-]#[N+]C1C(c2ccc3ccccc3c2)=Nc2[nH]ncc2C1c1cccc2nonc12. The van der Waals surface area contributed by atoms with Crippen LogP contribution in [-0.2, 0) is 0 Å². The van der Waals surface area contributed by atoms with Crippen LogP contribution in [0.15, 0.2) is 76.5 Å². The lowest BCUT2D eigenvalue weighted by atomic mass is 9.80. The second-order valence-electron chi connectivity index (χ2n) is 7.26. The van der Waals surface area contributed by atoms with Crippen LogP contribution in [0.3, 0.4) is 0 Å². The number of aromatic amines is 1. The van der Waals surface area contributed by atoms with Crippen LogP contribution in [-0.4, -0.2) is 32.3 Å². The predicted octanol–water partition coefficient (Wildman–Crippen LogP) is 4.65. The maximum atomic E-state index is 8.04. The van der Waals surface area contributed by atoms with E-state index in [2.05, 4.69) is 49.6 Å². The van der Waals surface area contributed by atoms with Crippen LogP contribution in [0.5, 0.6) is 0 Å². The molecule has 2 aromatic heterocycles. The van der Waals surface area contributed by atoms with Crippen LogP contribution in [0, 0.1) is 6.57 Å². The largest absolute Gasteiger partial charge is 0.306 e. The molecule has 142 valence electrons. The molecule has 2 unspecified atom stereocenters. The molecule has 1 aliphatic heterocycles. The average Bonchev–Trinajstić information content (AvgIpc) is 3.46. The number of aliphatic imine (C=N–C) groups is 1. The van der Waals surface area contributed by atoms with Gasteiger partial charge in [0.15, 0.2) is 5.82 Å². The summed E-state index contributed by atoms with van der Waals surface area (Å²) in [5.41, 5.74) is 4.71. The molecule has 0 fully saturated rings. The second-order valence-corrected chi connectivity index (χ2v) is 7.26. The summed E-state index contributed by atoms with van der Waals surface area (Å²) in [7, 11) is 0. The van der Waals surface area contributed by atoms with Crippen molar-refractivity contribution in [3.8, 4) is 0 Å². The van der Waals surface area contributed by atoms with Crippen molar-refractivity contribution in [3.63, 3.8) is 0 Å². The van der Waals surface area contributed by atoms with E-state index in [0.29, 0.717) is 22.6 Å². The zero-order chi connectivity index (χ0) is 20.1. The minimum Gasteiger partial charge on any atom is -0.306 e. The predicted molar refractivity (Wildman–Crippen MR) is 113 cm³/mol. The number of benzene rings is 3.